The number of carboxylic acid groups (broad SMARTS) is 1. The standard InChI is InChI=1S/C12H14ClNO4/c1-7(13)11(15)14-10(12(16)17)8-5-3-4-6-9(8)18-2/h3-7,10H,1-2H3,(H,14,15)(H,16,17). The van der Waals surface area contributed by atoms with Crippen molar-refractivity contribution in [2.24, 2.45) is 0 Å². The van der Waals surface area contributed by atoms with Gasteiger partial charge in [-0.05, 0) is 13.0 Å². The van der Waals surface area contributed by atoms with Crippen LogP contribution >= 0.6 is 11.6 Å². The van der Waals surface area contributed by atoms with Crippen molar-refractivity contribution in [1.29, 1.82) is 0 Å². The minimum Gasteiger partial charge on any atom is -0.496 e. The number of rotatable bonds is 5. The average molecular weight is 272 g/mol. The first-order chi connectivity index (χ1) is 8.47. The van der Waals surface area contributed by atoms with E-state index in [9.17, 15) is 9.59 Å². The smallest absolute Gasteiger partial charge is 0.331 e. The van der Waals surface area contributed by atoms with E-state index in [-0.39, 0.29) is 0 Å². The van der Waals surface area contributed by atoms with E-state index < -0.39 is 23.3 Å². The highest BCUT2D eigenvalue weighted by Gasteiger charge is 2.26. The highest BCUT2D eigenvalue weighted by Crippen LogP contribution is 2.25. The van der Waals surface area contributed by atoms with Crippen molar-refractivity contribution in [3.8, 4) is 5.75 Å². The van der Waals surface area contributed by atoms with E-state index in [1.54, 1.807) is 24.3 Å². The number of alkyl halides is 1. The first-order valence-corrected chi connectivity index (χ1v) is 5.71. The predicted octanol–water partition coefficient (Wildman–Crippen LogP) is 1.56. The van der Waals surface area contributed by atoms with Crippen molar-refractivity contribution >= 4 is 23.5 Å². The summed E-state index contributed by atoms with van der Waals surface area (Å²) in [6.07, 6.45) is 0. The summed E-state index contributed by atoms with van der Waals surface area (Å²) in [5.41, 5.74) is 0.373. The van der Waals surface area contributed by atoms with Gasteiger partial charge in [-0.2, -0.15) is 0 Å². The maximum Gasteiger partial charge on any atom is 0.331 e. The number of hydrogen-bond acceptors (Lipinski definition) is 3. The molecule has 0 saturated heterocycles. The fourth-order valence-electron chi connectivity index (χ4n) is 1.43. The fraction of sp³-hybridized carbons (Fsp3) is 0.333. The minimum atomic E-state index is -1.19. The van der Waals surface area contributed by atoms with E-state index in [4.69, 9.17) is 21.4 Å². The fourth-order valence-corrected chi connectivity index (χ4v) is 1.50. The number of halogens is 1. The topological polar surface area (TPSA) is 75.6 Å². The SMILES string of the molecule is COc1ccccc1C(NC(=O)C(C)Cl)C(=O)O. The maximum atomic E-state index is 11.5. The highest BCUT2D eigenvalue weighted by molar-refractivity contribution is 6.30. The van der Waals surface area contributed by atoms with Gasteiger partial charge in [0.15, 0.2) is 6.04 Å². The van der Waals surface area contributed by atoms with Gasteiger partial charge in [-0.25, -0.2) is 4.79 Å². The van der Waals surface area contributed by atoms with Crippen molar-refractivity contribution in [2.75, 3.05) is 7.11 Å². The molecule has 2 N–H and O–H groups in total. The summed E-state index contributed by atoms with van der Waals surface area (Å²) < 4.78 is 5.07. The quantitative estimate of drug-likeness (QED) is 0.797. The Kier molecular flexibility index (Phi) is 4.97. The van der Waals surface area contributed by atoms with Gasteiger partial charge < -0.3 is 15.2 Å². The van der Waals surface area contributed by atoms with Crippen molar-refractivity contribution in [1.82, 2.24) is 5.32 Å². The maximum absolute atomic E-state index is 11.5. The molecule has 98 valence electrons. The van der Waals surface area contributed by atoms with Crippen LogP contribution in [0.25, 0.3) is 0 Å². The zero-order chi connectivity index (χ0) is 13.7. The van der Waals surface area contributed by atoms with Crippen LogP contribution in [0.1, 0.15) is 18.5 Å². The van der Waals surface area contributed by atoms with E-state index in [0.29, 0.717) is 11.3 Å². The Labute approximate surface area is 110 Å². The zero-order valence-corrected chi connectivity index (χ0v) is 10.8. The van der Waals surface area contributed by atoms with Crippen LogP contribution in [0.3, 0.4) is 0 Å². The number of aliphatic carboxylic acids is 1. The molecular weight excluding hydrogens is 258 g/mol. The number of para-hydroxylation sites is 1. The molecule has 2 unspecified atom stereocenters. The van der Waals surface area contributed by atoms with E-state index in [2.05, 4.69) is 5.32 Å². The second kappa shape index (κ2) is 6.26. The predicted molar refractivity (Wildman–Crippen MR) is 66.8 cm³/mol. The third-order valence-electron chi connectivity index (χ3n) is 2.34. The third kappa shape index (κ3) is 3.37. The van der Waals surface area contributed by atoms with Crippen molar-refractivity contribution in [3.63, 3.8) is 0 Å². The Balaban J connectivity index is 3.05. The van der Waals surface area contributed by atoms with Crippen molar-refractivity contribution in [3.05, 3.63) is 29.8 Å². The number of methoxy groups -OCH3 is 1. The van der Waals surface area contributed by atoms with E-state index in [0.717, 1.165) is 0 Å². The number of hydrogen-bond donors (Lipinski definition) is 2. The third-order valence-corrected chi connectivity index (χ3v) is 2.54. The molecule has 6 heteroatoms. The highest BCUT2D eigenvalue weighted by atomic mass is 35.5. The molecule has 5 nitrogen and oxygen atoms in total. The number of carboxylic acids is 1. The van der Waals surface area contributed by atoms with Crippen LogP contribution in [0.5, 0.6) is 5.75 Å². The Morgan fingerprint density at radius 3 is 2.50 bits per heavy atom. The molecule has 18 heavy (non-hydrogen) atoms. The Bertz CT molecular complexity index is 447. The molecular formula is C12H14ClNO4. The monoisotopic (exact) mass is 271 g/mol. The second-order valence-corrected chi connectivity index (χ2v) is 4.29. The molecule has 0 radical (unpaired) electrons. The zero-order valence-electron chi connectivity index (χ0n) is 10.0. The summed E-state index contributed by atoms with van der Waals surface area (Å²) in [7, 11) is 1.43. The van der Waals surface area contributed by atoms with Gasteiger partial charge in [0.1, 0.15) is 11.1 Å². The van der Waals surface area contributed by atoms with Crippen LogP contribution in [0, 0.1) is 0 Å². The summed E-state index contributed by atoms with van der Waals surface area (Å²) in [4.78, 5) is 22.7. The van der Waals surface area contributed by atoms with Crippen LogP contribution < -0.4 is 10.1 Å². The molecule has 1 amide bonds. The van der Waals surface area contributed by atoms with Gasteiger partial charge in [-0.1, -0.05) is 18.2 Å². The lowest BCUT2D eigenvalue weighted by atomic mass is 10.1. The van der Waals surface area contributed by atoms with Gasteiger partial charge in [0, 0.05) is 5.56 Å². The average Bonchev–Trinajstić information content (AvgIpc) is 2.35. The van der Waals surface area contributed by atoms with Gasteiger partial charge in [0.05, 0.1) is 7.11 Å². The molecule has 1 aromatic carbocycles. The van der Waals surface area contributed by atoms with Gasteiger partial charge in [-0.15, -0.1) is 11.6 Å². The number of carbonyl (C=O) groups is 2. The van der Waals surface area contributed by atoms with Crippen LogP contribution in [-0.2, 0) is 9.59 Å². The van der Waals surface area contributed by atoms with E-state index in [1.807, 2.05) is 0 Å². The lowest BCUT2D eigenvalue weighted by Crippen LogP contribution is -2.37. The van der Waals surface area contributed by atoms with Gasteiger partial charge in [0.2, 0.25) is 5.91 Å². The van der Waals surface area contributed by atoms with E-state index in [1.165, 1.54) is 14.0 Å². The normalized spacial score (nSPS) is 13.5. The molecule has 0 aliphatic heterocycles. The molecule has 0 aliphatic carbocycles. The lowest BCUT2D eigenvalue weighted by Gasteiger charge is -2.18. The molecule has 1 aromatic rings. The molecule has 2 atom stereocenters. The molecule has 0 bridgehead atoms. The number of amides is 1. The molecule has 0 fully saturated rings. The van der Waals surface area contributed by atoms with Gasteiger partial charge in [-0.3, -0.25) is 4.79 Å². The number of carbonyl (C=O) groups excluding carboxylic acids is 1. The molecule has 0 saturated carbocycles. The Morgan fingerprint density at radius 2 is 2.00 bits per heavy atom. The molecule has 0 spiro atoms. The molecule has 0 aliphatic rings. The number of ether oxygens (including phenoxy) is 1. The molecule has 0 aromatic heterocycles. The second-order valence-electron chi connectivity index (χ2n) is 3.64. The Hall–Kier alpha value is -1.75. The summed E-state index contributed by atoms with van der Waals surface area (Å²) in [6.45, 7) is 1.47. The van der Waals surface area contributed by atoms with Crippen LogP contribution in [0.2, 0.25) is 0 Å². The van der Waals surface area contributed by atoms with Crippen LogP contribution in [0.15, 0.2) is 24.3 Å². The summed E-state index contributed by atoms with van der Waals surface area (Å²) in [6, 6.07) is 5.41. The lowest BCUT2D eigenvalue weighted by molar-refractivity contribution is -0.142. The number of nitrogens with one attached hydrogen (secondary N) is 1. The van der Waals surface area contributed by atoms with Gasteiger partial charge in [0.25, 0.3) is 0 Å². The first-order valence-electron chi connectivity index (χ1n) is 5.27. The Morgan fingerprint density at radius 1 is 1.39 bits per heavy atom. The first kappa shape index (κ1) is 14.3. The molecule has 1 rings (SSSR count). The van der Waals surface area contributed by atoms with Crippen LogP contribution in [0.4, 0.5) is 0 Å². The minimum absolute atomic E-state index is 0.373. The van der Waals surface area contributed by atoms with Gasteiger partial charge >= 0.3 is 5.97 Å². The largest absolute Gasteiger partial charge is 0.496 e. The summed E-state index contributed by atoms with van der Waals surface area (Å²) >= 11 is 5.60. The van der Waals surface area contributed by atoms with Crippen molar-refractivity contribution < 1.29 is 19.4 Å². The summed E-state index contributed by atoms with van der Waals surface area (Å²) in [5, 5.41) is 10.7. The van der Waals surface area contributed by atoms with Crippen LogP contribution in [-0.4, -0.2) is 29.5 Å². The number of benzene rings is 1. The summed E-state index contributed by atoms with van der Waals surface area (Å²) in [5.74, 6) is -1.33. The molecule has 0 heterocycles. The van der Waals surface area contributed by atoms with Crippen molar-refractivity contribution in [2.45, 2.75) is 18.3 Å². The van der Waals surface area contributed by atoms with E-state index >= 15 is 0 Å².